The number of unbranched alkanes of at least 4 members (excludes halogenated alkanes) is 11. The first-order chi connectivity index (χ1) is 53.6. The van der Waals surface area contributed by atoms with Crippen LogP contribution in [0.2, 0.25) is 0 Å². The van der Waals surface area contributed by atoms with Gasteiger partial charge in [-0.1, -0.05) is 128 Å². The summed E-state index contributed by atoms with van der Waals surface area (Å²) in [7, 11) is -3.89. The minimum Gasteiger partial charge on any atom is -0.779 e. The number of nitrogens with one attached hydrogen (secondary N) is 4. The Labute approximate surface area is 689 Å². The van der Waals surface area contributed by atoms with Gasteiger partial charge >= 0.3 is 32.4 Å². The predicted molar refractivity (Wildman–Crippen MR) is 408 cm³/mol. The molecule has 5 unspecified atom stereocenters. The maximum atomic E-state index is 17.2. The summed E-state index contributed by atoms with van der Waals surface area (Å²) in [5.41, 5.74) is -0.659. The summed E-state index contributed by atoms with van der Waals surface area (Å²) in [6.07, 6.45) is -0.423. The van der Waals surface area contributed by atoms with E-state index in [4.69, 9.17) is 54.4 Å². The Morgan fingerprint density at radius 1 is 0.735 bits per heavy atom. The zero-order valence-electron chi connectivity index (χ0n) is 63.1. The van der Waals surface area contributed by atoms with E-state index in [1.165, 1.54) is 69.0 Å². The predicted octanol–water partition coefficient (Wildman–Crippen LogP) is 10.9. The van der Waals surface area contributed by atoms with Crippen molar-refractivity contribution in [2.24, 2.45) is 11.8 Å². The molecule has 4 saturated heterocycles. The number of anilines is 2. The van der Waals surface area contributed by atoms with E-state index in [2.05, 4.69) is 37.8 Å². The van der Waals surface area contributed by atoms with Crippen molar-refractivity contribution in [3.05, 3.63) is 135 Å². The molecule has 0 aliphatic carbocycles. The third-order valence-electron chi connectivity index (χ3n) is 19.2. The molecular formula is C74H94F2N11O21P2S2Tm-. The number of nitrogens with zero attached hydrogens (tertiary/aromatic N) is 7. The van der Waals surface area contributed by atoms with Gasteiger partial charge in [0.15, 0.2) is 41.8 Å². The Hall–Kier alpha value is -7.05. The number of ether oxygens (including phenoxy) is 5. The number of aromatic nitrogens is 6. The maximum Gasteiger partial charge on any atom is 0.472 e. The molecule has 4 aliphatic heterocycles. The number of aromatic amines is 1. The quantitative estimate of drug-likeness (QED) is 0.00616. The van der Waals surface area contributed by atoms with E-state index < -0.39 is 135 Å². The average Bonchev–Trinajstić information content (AvgIpc) is 1.62. The van der Waals surface area contributed by atoms with Crippen molar-refractivity contribution in [1.29, 1.82) is 0 Å². The number of benzene rings is 3. The molecule has 0 spiro atoms. The molecular weight excluding hydrogens is 1710 g/mol. The first-order valence-corrected chi connectivity index (χ1v) is 42.4. The molecule has 6 aromatic rings. The van der Waals surface area contributed by atoms with Gasteiger partial charge in [-0.2, -0.15) is 0 Å². The number of alkyl halides is 2. The number of carbonyl (C=O) groups excluding carboxylic acids is 7. The summed E-state index contributed by atoms with van der Waals surface area (Å²) in [6, 6.07) is 17.9. The van der Waals surface area contributed by atoms with Gasteiger partial charge in [0.25, 0.3) is 5.56 Å². The summed E-state index contributed by atoms with van der Waals surface area (Å²) in [6.45, 7) is 2.98. The Bertz CT molecular complexity index is 4480. The van der Waals surface area contributed by atoms with Crippen LogP contribution in [0, 0.1) is 48.7 Å². The van der Waals surface area contributed by atoms with Gasteiger partial charge in [0, 0.05) is 87.0 Å². The number of esters is 1. The Kier molecular flexibility index (Phi) is 33.6. The molecule has 0 bridgehead atoms. The van der Waals surface area contributed by atoms with Crippen LogP contribution in [0.4, 0.5) is 25.1 Å². The van der Waals surface area contributed by atoms with Crippen LogP contribution in [0.3, 0.4) is 0 Å². The molecule has 1 radical (unpaired) electrons. The fourth-order valence-corrected chi connectivity index (χ4v) is 17.8. The minimum absolute atomic E-state index is 0. The third-order valence-corrected chi connectivity index (χ3v) is 24.2. The second-order valence-electron chi connectivity index (χ2n) is 28.3. The number of imidazole rings is 1. The smallest absolute Gasteiger partial charge is 0.472 e. The van der Waals surface area contributed by atoms with Crippen LogP contribution >= 0.6 is 26.0 Å². The maximum absolute atomic E-state index is 17.2. The van der Waals surface area contributed by atoms with Crippen molar-refractivity contribution in [3.63, 3.8) is 0 Å². The largest absolute Gasteiger partial charge is 0.779 e. The average molecular weight is 1810 g/mol. The molecule has 4 aliphatic rings. The fraction of sp³-hybridized carbons (Fsp3) is 0.541. The number of phosphoric acid groups is 1. The van der Waals surface area contributed by atoms with Gasteiger partial charge in [-0.05, 0) is 102 Å². The first kappa shape index (κ1) is 89.9. The molecule has 13 atom stereocenters. The molecule has 3 aromatic heterocycles. The van der Waals surface area contributed by atoms with E-state index in [-0.39, 0.29) is 121 Å². The van der Waals surface area contributed by atoms with Crippen LogP contribution in [0.15, 0.2) is 107 Å². The molecule has 32 nitrogen and oxygen atoms in total. The number of hydrogen-bond donors (Lipinski definition) is 5. The molecule has 6 amide bonds. The number of halogens is 2. The summed E-state index contributed by atoms with van der Waals surface area (Å²) < 4.78 is 117. The van der Waals surface area contributed by atoms with E-state index in [1.807, 2.05) is 4.98 Å². The number of phosphoric ester groups is 1. The summed E-state index contributed by atoms with van der Waals surface area (Å²) in [4.78, 5) is 145. The van der Waals surface area contributed by atoms with Crippen LogP contribution in [-0.2, 0) is 90.4 Å². The van der Waals surface area contributed by atoms with E-state index in [1.54, 1.807) is 88.4 Å². The molecule has 5 N–H and O–H groups in total. The van der Waals surface area contributed by atoms with Gasteiger partial charge in [-0.25, -0.2) is 47.2 Å². The van der Waals surface area contributed by atoms with Gasteiger partial charge in [0.1, 0.15) is 60.9 Å². The SMILES string of the molecule is CCCCCCCCCCCCOc1ccc(C(=O)Oc2ccc(CSP3(=O)OC[C@H]4O[C@@H](n5cnc6c(NC(=O)OCc7ccc(NC(=O)C(NC(=O)C(C(C)C)N(C)C(=O)CCCCCN8C(=O)CC([S-])C8=O)C(C)C)cc7)ncnc65)[C@H](F)[C@@H]4OP(=O)(O)OC[C@H]4O[C@@H](n5ccc(=O)[nH]c5=O)[C@H](F)[C@@H]4O3)cc2)cc1.[Tm]. The molecule has 0 saturated carbocycles. The fourth-order valence-electron chi connectivity index (χ4n) is 13.1. The second kappa shape index (κ2) is 42.2. The topological polar surface area (TPSA) is 398 Å². The molecule has 10 rings (SSSR count). The summed E-state index contributed by atoms with van der Waals surface area (Å²) in [5.74, 6) is -3.05. The number of likely N-dealkylation sites (tertiary alicyclic amines) is 1. The van der Waals surface area contributed by atoms with Crippen molar-refractivity contribution in [3.8, 4) is 11.5 Å². The monoisotopic (exact) mass is 1810 g/mol. The van der Waals surface area contributed by atoms with Gasteiger partial charge in [-0.3, -0.25) is 71.2 Å². The van der Waals surface area contributed by atoms with Crippen LogP contribution in [0.25, 0.3) is 11.2 Å². The van der Waals surface area contributed by atoms with Crippen molar-refractivity contribution >= 4 is 103 Å². The van der Waals surface area contributed by atoms with Crippen LogP contribution < -0.4 is 36.7 Å². The molecule has 113 heavy (non-hydrogen) atoms. The number of rotatable bonds is 35. The van der Waals surface area contributed by atoms with Crippen LogP contribution in [0.5, 0.6) is 11.5 Å². The van der Waals surface area contributed by atoms with Gasteiger partial charge in [0.2, 0.25) is 29.5 Å². The third kappa shape index (κ3) is 24.5. The standard InChI is InChI=1S/C74H95F2N11O21P2S2.Tm/c1-7-8-9-10-11-12-13-14-15-19-36-100-50-31-25-48(26-32-50)72(94)104-51-29-23-47(24-30-51)41-112-110(99)103-40-53-63(107-109(97,98)102-39-52-64(108-110)59(76)70(105-52)86-35-33-55(88)81-73(86)95)58(75)71(106-53)87-43-79-61-65(77-42-78-66(61)87)83-74(96)101-38-46-21-27-49(28-22-46)80-67(91)60(44(2)3)82-68(92)62(45(4)5)84(6)56(89)20-17-16-18-34-85-57(90)37-54(111)69(85)93;/h21-33,35,42-45,52-54,58-60,62-64,70-71,111H,7-20,34,36-41H2,1-6H3,(H,80,91)(H,82,92)(H,97,98)(H,81,88,95)(H,77,78,83,96);/p-1/t52-,53-,54?,58-,59-,60?,62?,63-,64-,70-,71-,110?;/m1./s1. The van der Waals surface area contributed by atoms with Crippen LogP contribution in [-0.4, -0.2) is 173 Å². The van der Waals surface area contributed by atoms with Crippen molar-refractivity contribution in [2.45, 2.75) is 210 Å². The zero-order valence-corrected chi connectivity index (χ0v) is 68.3. The summed E-state index contributed by atoms with van der Waals surface area (Å²) in [5, 5.41) is 7.35. The number of amides is 6. The number of carbonyl (C=O) groups is 7. The van der Waals surface area contributed by atoms with Crippen molar-refractivity contribution < 1.29 is 135 Å². The molecule has 39 heteroatoms. The van der Waals surface area contributed by atoms with Crippen LogP contribution in [0.1, 0.15) is 165 Å². The first-order valence-electron chi connectivity index (χ1n) is 37.3. The van der Waals surface area contributed by atoms with Gasteiger partial charge < -0.3 is 56.7 Å². The normalized spacial score (nSPS) is 23.6. The van der Waals surface area contributed by atoms with E-state index in [9.17, 15) is 52.6 Å². The van der Waals surface area contributed by atoms with E-state index in [0.29, 0.717) is 64.4 Å². The number of H-pyrrole nitrogens is 1. The van der Waals surface area contributed by atoms with Gasteiger partial charge in [0.05, 0.1) is 31.7 Å². The Morgan fingerprint density at radius 3 is 1.99 bits per heavy atom. The number of imide groups is 1. The van der Waals surface area contributed by atoms with Crippen molar-refractivity contribution in [2.75, 3.05) is 44.0 Å². The van der Waals surface area contributed by atoms with Crippen molar-refractivity contribution in [1.82, 2.24) is 44.2 Å². The second-order valence-corrected chi connectivity index (χ2v) is 34.3. The summed E-state index contributed by atoms with van der Waals surface area (Å²) >= 11 is 5.58. The molecule has 3 aromatic carbocycles. The Balaban J connectivity index is 0.0000146. The molecule has 4 fully saturated rings. The number of likely N-dealkylation sites (N-methyl/N-ethyl adjacent to an activating group) is 1. The number of fused-ring (bicyclic) bond motifs is 3. The number of hydrogen-bond acceptors (Lipinski definition) is 25. The molecule has 7 heterocycles. The zero-order chi connectivity index (χ0) is 80.4. The Morgan fingerprint density at radius 2 is 1.35 bits per heavy atom. The van der Waals surface area contributed by atoms with Gasteiger partial charge in [-0.15, -0.1) is 0 Å². The van der Waals surface area contributed by atoms with E-state index >= 15 is 13.3 Å². The van der Waals surface area contributed by atoms with E-state index in [0.717, 1.165) is 53.6 Å². The molecule has 621 valence electrons. The minimum atomic E-state index is -5.42.